The Morgan fingerprint density at radius 2 is 2.29 bits per heavy atom. The fourth-order valence-electron chi connectivity index (χ4n) is 3.53. The summed E-state index contributed by atoms with van der Waals surface area (Å²) in [6.07, 6.45) is 6.41. The van der Waals surface area contributed by atoms with E-state index in [1.807, 2.05) is 38.7 Å². The van der Waals surface area contributed by atoms with E-state index in [1.54, 1.807) is 11.3 Å². The first-order valence-electron chi connectivity index (χ1n) is 8.32. The van der Waals surface area contributed by atoms with Gasteiger partial charge in [0.25, 0.3) is 0 Å². The molecule has 1 aliphatic rings. The minimum absolute atomic E-state index is 0.171. The number of hydrogen-bond donors (Lipinski definition) is 0. The van der Waals surface area contributed by atoms with Crippen molar-refractivity contribution in [2.45, 2.75) is 45.7 Å². The standard InChI is InChI=1S/C17H21N5OS/c1-12-8-13(2)22(19-12)11-15-4-3-5-21(15)16(23)9-14-10-20-6-7-24-17(20)18-14/h6-8,10,15H,3-5,9,11H2,1-2H3/t15-/m0/s1. The van der Waals surface area contributed by atoms with E-state index in [9.17, 15) is 4.79 Å². The maximum Gasteiger partial charge on any atom is 0.228 e. The summed E-state index contributed by atoms with van der Waals surface area (Å²) in [5.41, 5.74) is 3.03. The molecule has 126 valence electrons. The van der Waals surface area contributed by atoms with E-state index in [0.717, 1.165) is 48.0 Å². The van der Waals surface area contributed by atoms with E-state index in [0.29, 0.717) is 6.42 Å². The van der Waals surface area contributed by atoms with Gasteiger partial charge in [-0.3, -0.25) is 13.9 Å². The number of amides is 1. The van der Waals surface area contributed by atoms with Gasteiger partial charge in [-0.1, -0.05) is 0 Å². The largest absolute Gasteiger partial charge is 0.338 e. The van der Waals surface area contributed by atoms with Crippen LogP contribution in [0.1, 0.15) is 29.9 Å². The highest BCUT2D eigenvalue weighted by Crippen LogP contribution is 2.21. The zero-order chi connectivity index (χ0) is 16.7. The molecule has 7 heteroatoms. The van der Waals surface area contributed by atoms with E-state index in [4.69, 9.17) is 0 Å². The number of carbonyl (C=O) groups is 1. The lowest BCUT2D eigenvalue weighted by Crippen LogP contribution is -2.39. The van der Waals surface area contributed by atoms with Crippen LogP contribution in [0.25, 0.3) is 4.96 Å². The quantitative estimate of drug-likeness (QED) is 0.731. The zero-order valence-electron chi connectivity index (χ0n) is 14.0. The van der Waals surface area contributed by atoms with Gasteiger partial charge in [-0.05, 0) is 32.8 Å². The second-order valence-electron chi connectivity index (χ2n) is 6.49. The van der Waals surface area contributed by atoms with Crippen molar-refractivity contribution in [3.63, 3.8) is 0 Å². The number of rotatable bonds is 4. The molecule has 0 spiro atoms. The molecule has 4 heterocycles. The van der Waals surface area contributed by atoms with Gasteiger partial charge in [0.05, 0.1) is 30.4 Å². The van der Waals surface area contributed by atoms with Crippen LogP contribution >= 0.6 is 11.3 Å². The smallest absolute Gasteiger partial charge is 0.228 e. The summed E-state index contributed by atoms with van der Waals surface area (Å²) in [7, 11) is 0. The highest BCUT2D eigenvalue weighted by molar-refractivity contribution is 7.15. The molecule has 0 N–H and O–H groups in total. The lowest BCUT2D eigenvalue weighted by Gasteiger charge is -2.25. The molecule has 1 saturated heterocycles. The number of carbonyl (C=O) groups excluding carboxylic acids is 1. The van der Waals surface area contributed by atoms with Crippen molar-refractivity contribution in [2.24, 2.45) is 0 Å². The van der Waals surface area contributed by atoms with Gasteiger partial charge in [-0.15, -0.1) is 11.3 Å². The third-order valence-corrected chi connectivity index (χ3v) is 5.43. The summed E-state index contributed by atoms with van der Waals surface area (Å²) in [5.74, 6) is 0.171. The van der Waals surface area contributed by atoms with Gasteiger partial charge < -0.3 is 4.90 Å². The average molecular weight is 343 g/mol. The molecule has 4 rings (SSSR count). The third kappa shape index (κ3) is 2.84. The maximum atomic E-state index is 12.8. The molecule has 24 heavy (non-hydrogen) atoms. The van der Waals surface area contributed by atoms with Crippen LogP contribution in [0.4, 0.5) is 0 Å². The van der Waals surface area contributed by atoms with Crippen LogP contribution in [-0.2, 0) is 17.8 Å². The lowest BCUT2D eigenvalue weighted by molar-refractivity contribution is -0.131. The van der Waals surface area contributed by atoms with Gasteiger partial charge >= 0.3 is 0 Å². The Labute approximate surface area is 144 Å². The third-order valence-electron chi connectivity index (χ3n) is 4.66. The topological polar surface area (TPSA) is 55.4 Å². The Kier molecular flexibility index (Phi) is 3.88. The predicted molar refractivity (Wildman–Crippen MR) is 93.2 cm³/mol. The van der Waals surface area contributed by atoms with E-state index in [2.05, 4.69) is 23.1 Å². The molecule has 0 aromatic carbocycles. The first kappa shape index (κ1) is 15.4. The van der Waals surface area contributed by atoms with Gasteiger partial charge in [0, 0.05) is 30.0 Å². The van der Waals surface area contributed by atoms with Crippen LogP contribution in [0, 0.1) is 13.8 Å². The Morgan fingerprint density at radius 1 is 1.42 bits per heavy atom. The SMILES string of the molecule is Cc1cc(C)n(C[C@@H]2CCCN2C(=O)Cc2cn3ccsc3n2)n1. The van der Waals surface area contributed by atoms with Gasteiger partial charge in [-0.2, -0.15) is 5.10 Å². The van der Waals surface area contributed by atoms with Gasteiger partial charge in [-0.25, -0.2) is 4.98 Å². The minimum Gasteiger partial charge on any atom is -0.338 e. The number of thiazole rings is 1. The molecule has 1 amide bonds. The molecule has 1 atom stereocenters. The van der Waals surface area contributed by atoms with Crippen molar-refractivity contribution in [1.29, 1.82) is 0 Å². The highest BCUT2D eigenvalue weighted by atomic mass is 32.1. The first-order valence-corrected chi connectivity index (χ1v) is 9.20. The molecule has 0 unspecified atom stereocenters. The number of likely N-dealkylation sites (tertiary alicyclic amines) is 1. The Balaban J connectivity index is 1.46. The second kappa shape index (κ2) is 6.05. The molecule has 1 fully saturated rings. The van der Waals surface area contributed by atoms with Crippen LogP contribution in [0.3, 0.4) is 0 Å². The molecule has 0 bridgehead atoms. The number of imidazole rings is 1. The van der Waals surface area contributed by atoms with Crippen molar-refractivity contribution in [3.05, 3.63) is 40.9 Å². The Hall–Kier alpha value is -2.15. The summed E-state index contributed by atoms with van der Waals surface area (Å²) in [5, 5.41) is 6.54. The molecule has 3 aromatic rings. The van der Waals surface area contributed by atoms with Crippen LogP contribution in [0.2, 0.25) is 0 Å². The van der Waals surface area contributed by atoms with Crippen molar-refractivity contribution < 1.29 is 4.79 Å². The summed E-state index contributed by atoms with van der Waals surface area (Å²) < 4.78 is 4.00. The maximum absolute atomic E-state index is 12.8. The molecule has 6 nitrogen and oxygen atoms in total. The minimum atomic E-state index is 0.171. The van der Waals surface area contributed by atoms with Gasteiger partial charge in [0.1, 0.15) is 0 Å². The lowest BCUT2D eigenvalue weighted by atomic mass is 10.2. The number of nitrogens with zero attached hydrogens (tertiary/aromatic N) is 5. The number of hydrogen-bond acceptors (Lipinski definition) is 4. The predicted octanol–water partition coefficient (Wildman–Crippen LogP) is 2.44. The molecule has 3 aromatic heterocycles. The van der Waals surface area contributed by atoms with Gasteiger partial charge in [0.2, 0.25) is 5.91 Å². The summed E-state index contributed by atoms with van der Waals surface area (Å²) in [4.78, 5) is 20.2. The van der Waals surface area contributed by atoms with Crippen molar-refractivity contribution >= 4 is 22.2 Å². The van der Waals surface area contributed by atoms with E-state index < -0.39 is 0 Å². The molecule has 0 radical (unpaired) electrons. The Bertz CT molecular complexity index is 848. The summed E-state index contributed by atoms with van der Waals surface area (Å²) in [6.45, 7) is 5.69. The zero-order valence-corrected chi connectivity index (χ0v) is 14.8. The highest BCUT2D eigenvalue weighted by Gasteiger charge is 2.29. The summed E-state index contributed by atoms with van der Waals surface area (Å²) in [6, 6.07) is 2.32. The van der Waals surface area contributed by atoms with E-state index in [1.165, 1.54) is 0 Å². The van der Waals surface area contributed by atoms with Crippen LogP contribution in [0.15, 0.2) is 23.8 Å². The first-order chi connectivity index (χ1) is 11.6. The molecule has 0 aliphatic carbocycles. The van der Waals surface area contributed by atoms with E-state index >= 15 is 0 Å². The number of fused-ring (bicyclic) bond motifs is 1. The monoisotopic (exact) mass is 343 g/mol. The fourth-order valence-corrected chi connectivity index (χ4v) is 4.25. The van der Waals surface area contributed by atoms with Crippen molar-refractivity contribution in [2.75, 3.05) is 6.54 Å². The summed E-state index contributed by atoms with van der Waals surface area (Å²) >= 11 is 1.59. The number of aryl methyl sites for hydroxylation is 2. The normalized spacial score (nSPS) is 17.9. The molecular formula is C17H21N5OS. The van der Waals surface area contributed by atoms with Crippen molar-refractivity contribution in [1.82, 2.24) is 24.1 Å². The van der Waals surface area contributed by atoms with Crippen LogP contribution in [0.5, 0.6) is 0 Å². The molecular weight excluding hydrogens is 322 g/mol. The fraction of sp³-hybridized carbons (Fsp3) is 0.471. The Morgan fingerprint density at radius 3 is 3.04 bits per heavy atom. The van der Waals surface area contributed by atoms with E-state index in [-0.39, 0.29) is 11.9 Å². The molecule has 1 aliphatic heterocycles. The molecule has 0 saturated carbocycles. The van der Waals surface area contributed by atoms with Crippen LogP contribution < -0.4 is 0 Å². The number of aromatic nitrogens is 4. The average Bonchev–Trinajstić information content (AvgIpc) is 3.25. The van der Waals surface area contributed by atoms with Gasteiger partial charge in [0.15, 0.2) is 4.96 Å². The second-order valence-corrected chi connectivity index (χ2v) is 7.37. The van der Waals surface area contributed by atoms with Crippen molar-refractivity contribution in [3.8, 4) is 0 Å². The van der Waals surface area contributed by atoms with Crippen LogP contribution in [-0.4, -0.2) is 42.6 Å².